The molecule has 2 atom stereocenters. The topological polar surface area (TPSA) is 51.2 Å². The molecule has 1 saturated carbocycles. The van der Waals surface area contributed by atoms with E-state index in [1.165, 1.54) is 0 Å². The Labute approximate surface area is 152 Å². The van der Waals surface area contributed by atoms with E-state index in [1.807, 2.05) is 31.2 Å². The average Bonchev–Trinajstić information content (AvgIpc) is 2.67. The van der Waals surface area contributed by atoms with E-state index in [-0.39, 0.29) is 17.3 Å². The second kappa shape index (κ2) is 6.17. The highest BCUT2D eigenvalue weighted by atomic mass is 16.1. The van der Waals surface area contributed by atoms with Crippen LogP contribution in [0.2, 0.25) is 0 Å². The SMILES string of the molecule is C[C@]12CC[C@H](C(=O)C1)C(C(=O)c1ccccc1)=C2C(=O)c1ccccc1. The minimum atomic E-state index is -0.557. The van der Waals surface area contributed by atoms with Crippen LogP contribution in [-0.4, -0.2) is 17.3 Å². The molecule has 2 aromatic carbocycles. The van der Waals surface area contributed by atoms with Gasteiger partial charge in [-0.15, -0.1) is 0 Å². The van der Waals surface area contributed by atoms with Crippen LogP contribution >= 0.6 is 0 Å². The lowest BCUT2D eigenvalue weighted by atomic mass is 9.56. The van der Waals surface area contributed by atoms with E-state index in [2.05, 4.69) is 0 Å². The van der Waals surface area contributed by atoms with Gasteiger partial charge in [0.05, 0.1) is 0 Å². The molecule has 0 unspecified atom stereocenters. The van der Waals surface area contributed by atoms with Crippen LogP contribution in [0.15, 0.2) is 71.8 Å². The van der Waals surface area contributed by atoms with Gasteiger partial charge < -0.3 is 0 Å². The Kier molecular flexibility index (Phi) is 3.95. The van der Waals surface area contributed by atoms with E-state index >= 15 is 0 Å². The summed E-state index contributed by atoms with van der Waals surface area (Å²) >= 11 is 0. The highest BCUT2D eigenvalue weighted by Gasteiger charge is 2.51. The highest BCUT2D eigenvalue weighted by Crippen LogP contribution is 2.53. The van der Waals surface area contributed by atoms with Crippen molar-refractivity contribution in [2.75, 3.05) is 0 Å². The summed E-state index contributed by atoms with van der Waals surface area (Å²) in [4.78, 5) is 39.2. The number of hydrogen-bond donors (Lipinski definition) is 0. The third-order valence-corrected chi connectivity index (χ3v) is 5.70. The van der Waals surface area contributed by atoms with Gasteiger partial charge in [0.15, 0.2) is 11.6 Å². The van der Waals surface area contributed by atoms with Crippen LogP contribution in [0.5, 0.6) is 0 Å². The molecule has 1 fully saturated rings. The number of benzene rings is 2. The van der Waals surface area contributed by atoms with Gasteiger partial charge in [-0.25, -0.2) is 0 Å². The molecule has 26 heavy (non-hydrogen) atoms. The molecule has 130 valence electrons. The lowest BCUT2D eigenvalue weighted by Gasteiger charge is -2.45. The van der Waals surface area contributed by atoms with E-state index in [1.54, 1.807) is 36.4 Å². The molecule has 3 nitrogen and oxygen atoms in total. The van der Waals surface area contributed by atoms with Crippen LogP contribution in [-0.2, 0) is 4.79 Å². The summed E-state index contributed by atoms with van der Waals surface area (Å²) in [5.74, 6) is -0.673. The van der Waals surface area contributed by atoms with Crippen LogP contribution in [0.1, 0.15) is 46.9 Å². The molecule has 0 radical (unpaired) electrons. The van der Waals surface area contributed by atoms with E-state index < -0.39 is 11.3 Å². The Balaban J connectivity index is 1.92. The van der Waals surface area contributed by atoms with Crippen molar-refractivity contribution in [3.8, 4) is 0 Å². The Morgan fingerprint density at radius 2 is 1.42 bits per heavy atom. The summed E-state index contributed by atoms with van der Waals surface area (Å²) in [7, 11) is 0. The zero-order chi connectivity index (χ0) is 18.3. The maximum absolute atomic E-state index is 13.3. The normalized spacial score (nSPS) is 24.7. The van der Waals surface area contributed by atoms with Crippen molar-refractivity contribution in [2.45, 2.75) is 26.2 Å². The highest BCUT2D eigenvalue weighted by molar-refractivity contribution is 6.22. The van der Waals surface area contributed by atoms with Crippen molar-refractivity contribution in [3.05, 3.63) is 82.9 Å². The van der Waals surface area contributed by atoms with Crippen LogP contribution < -0.4 is 0 Å². The Bertz CT molecular complexity index is 924. The summed E-state index contributed by atoms with van der Waals surface area (Å²) in [5.41, 5.74) is 1.52. The minimum Gasteiger partial charge on any atom is -0.299 e. The van der Waals surface area contributed by atoms with E-state index in [0.717, 1.165) is 6.42 Å². The van der Waals surface area contributed by atoms with Gasteiger partial charge in [0.1, 0.15) is 5.78 Å². The molecule has 5 rings (SSSR count). The van der Waals surface area contributed by atoms with Crippen LogP contribution in [0.25, 0.3) is 0 Å². The van der Waals surface area contributed by atoms with Crippen LogP contribution in [0.4, 0.5) is 0 Å². The quantitative estimate of drug-likeness (QED) is 0.771. The van der Waals surface area contributed by atoms with Gasteiger partial charge in [-0.2, -0.15) is 0 Å². The molecule has 0 saturated heterocycles. The van der Waals surface area contributed by atoms with Crippen LogP contribution in [0.3, 0.4) is 0 Å². The second-order valence-corrected chi connectivity index (χ2v) is 7.47. The molecule has 2 bridgehead atoms. The summed E-state index contributed by atoms with van der Waals surface area (Å²) in [5, 5.41) is 0. The molecule has 0 amide bonds. The van der Waals surface area contributed by atoms with Gasteiger partial charge in [0, 0.05) is 40.0 Å². The number of carbonyl (C=O) groups excluding carboxylic acids is 3. The third kappa shape index (κ3) is 2.55. The molecule has 0 spiro atoms. The predicted molar refractivity (Wildman–Crippen MR) is 99.0 cm³/mol. The van der Waals surface area contributed by atoms with Gasteiger partial charge in [-0.1, -0.05) is 67.6 Å². The molecule has 0 aliphatic heterocycles. The molecule has 3 heteroatoms. The first-order valence-electron chi connectivity index (χ1n) is 8.98. The van der Waals surface area contributed by atoms with Crippen molar-refractivity contribution in [3.63, 3.8) is 0 Å². The van der Waals surface area contributed by atoms with Gasteiger partial charge in [-0.3, -0.25) is 14.4 Å². The van der Waals surface area contributed by atoms with Gasteiger partial charge in [-0.05, 0) is 12.8 Å². The molecule has 0 N–H and O–H groups in total. The van der Waals surface area contributed by atoms with Crippen molar-refractivity contribution >= 4 is 17.3 Å². The first-order valence-corrected chi connectivity index (χ1v) is 8.98. The monoisotopic (exact) mass is 344 g/mol. The van der Waals surface area contributed by atoms with Gasteiger partial charge in [0.2, 0.25) is 0 Å². The zero-order valence-electron chi connectivity index (χ0n) is 14.7. The summed E-state index contributed by atoms with van der Waals surface area (Å²) in [6.45, 7) is 1.95. The smallest absolute Gasteiger partial charge is 0.190 e. The lowest BCUT2D eigenvalue weighted by molar-refractivity contribution is -0.127. The maximum Gasteiger partial charge on any atom is 0.190 e. The third-order valence-electron chi connectivity index (χ3n) is 5.70. The van der Waals surface area contributed by atoms with E-state index in [9.17, 15) is 14.4 Å². The minimum absolute atomic E-state index is 0.0858. The van der Waals surface area contributed by atoms with Gasteiger partial charge >= 0.3 is 0 Å². The molecule has 0 heterocycles. The lowest BCUT2D eigenvalue weighted by Crippen LogP contribution is -2.45. The number of ketones is 3. The number of hydrogen-bond acceptors (Lipinski definition) is 3. The fraction of sp³-hybridized carbons (Fsp3) is 0.261. The first kappa shape index (κ1) is 16.6. The van der Waals surface area contributed by atoms with E-state index in [4.69, 9.17) is 0 Å². The second-order valence-electron chi connectivity index (χ2n) is 7.47. The predicted octanol–water partition coefficient (Wildman–Crippen LogP) is 4.44. The van der Waals surface area contributed by atoms with Crippen molar-refractivity contribution < 1.29 is 14.4 Å². The fourth-order valence-electron chi connectivity index (χ4n) is 4.39. The Hall–Kier alpha value is -2.81. The standard InChI is InChI=1S/C23H20O3/c1-23-13-12-17(18(24)14-23)19(21(25)15-8-4-2-5-9-15)20(23)22(26)16-10-6-3-7-11-16/h2-11,17H,12-14H2,1H3/t17-,23+/m1/s1. The Morgan fingerprint density at radius 1 is 0.885 bits per heavy atom. The summed E-state index contributed by atoms with van der Waals surface area (Å²) < 4.78 is 0. The molecule has 3 aliphatic carbocycles. The number of fused-ring (bicyclic) bond motifs is 2. The first-order chi connectivity index (χ1) is 12.5. The van der Waals surface area contributed by atoms with Crippen molar-refractivity contribution in [1.29, 1.82) is 0 Å². The number of carbonyl (C=O) groups is 3. The largest absolute Gasteiger partial charge is 0.299 e. The average molecular weight is 344 g/mol. The zero-order valence-corrected chi connectivity index (χ0v) is 14.7. The fourth-order valence-corrected chi connectivity index (χ4v) is 4.39. The molecule has 3 aliphatic rings. The molecule has 0 aromatic heterocycles. The van der Waals surface area contributed by atoms with Gasteiger partial charge in [0.25, 0.3) is 0 Å². The number of rotatable bonds is 4. The summed E-state index contributed by atoms with van der Waals surface area (Å²) in [6, 6.07) is 18.0. The Morgan fingerprint density at radius 3 is 1.96 bits per heavy atom. The molecular weight excluding hydrogens is 324 g/mol. The van der Waals surface area contributed by atoms with Crippen LogP contribution in [0, 0.1) is 11.3 Å². The number of allylic oxidation sites excluding steroid dienone is 2. The van der Waals surface area contributed by atoms with Crippen molar-refractivity contribution in [2.24, 2.45) is 11.3 Å². The summed E-state index contributed by atoms with van der Waals surface area (Å²) in [6.07, 6.45) is 1.76. The van der Waals surface area contributed by atoms with Crippen molar-refractivity contribution in [1.82, 2.24) is 0 Å². The van der Waals surface area contributed by atoms with E-state index in [0.29, 0.717) is 35.1 Å². The molecular formula is C23H20O3. The maximum atomic E-state index is 13.3. The number of Topliss-reactive ketones (excluding diaryl/α,β-unsaturated/α-hetero) is 3. The molecule has 2 aromatic rings.